The number of nitrogens with one attached hydrogen (secondary N) is 1. The van der Waals surface area contributed by atoms with Crippen molar-refractivity contribution < 1.29 is 36.3 Å². The summed E-state index contributed by atoms with van der Waals surface area (Å²) in [6.45, 7) is -0.432. The van der Waals surface area contributed by atoms with Crippen LogP contribution in [0.4, 0.5) is 26.7 Å². The number of aromatic nitrogens is 3. The molecule has 1 aliphatic heterocycles. The molecule has 0 spiro atoms. The number of guanidine groups is 1. The molecule has 10 nitrogen and oxygen atoms in total. The first-order valence-corrected chi connectivity index (χ1v) is 15.6. The Morgan fingerprint density at radius 2 is 1.83 bits per heavy atom. The van der Waals surface area contributed by atoms with Crippen molar-refractivity contribution in [3.8, 4) is 11.4 Å². The third-order valence-corrected chi connectivity index (χ3v) is 8.81. The molecule has 2 aromatic carbocycles. The number of aliphatic imine (C=N–C) groups is 1. The molecule has 1 saturated carbocycles. The molecule has 1 fully saturated rings. The van der Waals surface area contributed by atoms with Gasteiger partial charge in [0.25, 0.3) is 5.91 Å². The first kappa shape index (κ1) is 34.8. The first-order chi connectivity index (χ1) is 21.9. The SMILES string of the molecule is CC(C)(Cl)C[C@]1(c2ccc(Br)cc2)N=C(N)N([C@H](COC(=O)NC2(C(F)(F)F)CC2)c2ccc(Cl)c(-c3ncnn3C(F)F)c2)C1=O. The van der Waals surface area contributed by atoms with Crippen molar-refractivity contribution in [3.63, 3.8) is 0 Å². The highest BCUT2D eigenvalue weighted by molar-refractivity contribution is 9.10. The van der Waals surface area contributed by atoms with Crippen LogP contribution in [0.25, 0.3) is 11.4 Å². The van der Waals surface area contributed by atoms with E-state index in [4.69, 9.17) is 33.7 Å². The molecule has 2 heterocycles. The van der Waals surface area contributed by atoms with Crippen LogP contribution in [0.15, 0.2) is 58.3 Å². The number of rotatable bonds is 10. The standard InChI is InChI=1S/C29H27BrCl2F5N7O3/c1-26(2,32)13-28(16-4-6-17(30)7-5-16)22(45)43(24(38)41-28)20(12-47-25(46)42-27(9-10-27)29(35,36)37)15-3-8-19(31)18(11-15)21-39-14-40-44(21)23(33)34/h3-8,11,14,20,23H,9-10,12-13H2,1-2H3,(H2,38,41)(H,42,46)/t20-,28-/m1/s1. The summed E-state index contributed by atoms with van der Waals surface area (Å²) < 4.78 is 74.3. The second kappa shape index (κ2) is 12.5. The Morgan fingerprint density at radius 3 is 2.40 bits per heavy atom. The fraction of sp³-hybridized carbons (Fsp3) is 0.414. The lowest BCUT2D eigenvalue weighted by Gasteiger charge is -2.34. The summed E-state index contributed by atoms with van der Waals surface area (Å²) in [5.41, 5.74) is 2.91. The molecule has 3 N–H and O–H groups in total. The monoisotopic (exact) mass is 765 g/mol. The Morgan fingerprint density at radius 1 is 1.17 bits per heavy atom. The number of nitrogens with two attached hydrogens (primary N) is 1. The van der Waals surface area contributed by atoms with Crippen LogP contribution in [-0.2, 0) is 15.1 Å². The summed E-state index contributed by atoms with van der Waals surface area (Å²) in [4.78, 5) is 35.8. The lowest BCUT2D eigenvalue weighted by Crippen LogP contribution is -2.50. The summed E-state index contributed by atoms with van der Waals surface area (Å²) in [7, 11) is 0. The molecule has 2 amide bonds. The fourth-order valence-corrected chi connectivity index (χ4v) is 6.12. The van der Waals surface area contributed by atoms with Crippen molar-refractivity contribution in [1.82, 2.24) is 25.0 Å². The van der Waals surface area contributed by atoms with E-state index in [2.05, 4.69) is 31.0 Å². The van der Waals surface area contributed by atoms with Gasteiger partial charge in [-0.05, 0) is 62.1 Å². The number of alkyl halides is 6. The van der Waals surface area contributed by atoms with E-state index >= 15 is 0 Å². The zero-order chi connectivity index (χ0) is 34.5. The maximum atomic E-state index is 14.6. The molecule has 0 saturated heterocycles. The van der Waals surface area contributed by atoms with Crippen LogP contribution in [0.2, 0.25) is 5.02 Å². The molecule has 3 aromatic rings. The van der Waals surface area contributed by atoms with Gasteiger partial charge in [0.05, 0.1) is 11.1 Å². The van der Waals surface area contributed by atoms with Gasteiger partial charge in [0.1, 0.15) is 18.5 Å². The van der Waals surface area contributed by atoms with Crippen LogP contribution in [0.3, 0.4) is 0 Å². The van der Waals surface area contributed by atoms with Gasteiger partial charge in [-0.2, -0.15) is 31.7 Å². The van der Waals surface area contributed by atoms with Crippen LogP contribution in [0.1, 0.15) is 56.8 Å². The average Bonchev–Trinajstić information content (AvgIpc) is 3.52. The normalized spacial score (nSPS) is 19.9. The molecule has 252 valence electrons. The number of amides is 2. The molecule has 0 bridgehead atoms. The number of hydrogen-bond acceptors (Lipinski definition) is 7. The highest BCUT2D eigenvalue weighted by atomic mass is 79.9. The Hall–Kier alpha value is -3.50. The van der Waals surface area contributed by atoms with Crippen molar-refractivity contribution in [2.45, 2.75) is 67.8 Å². The highest BCUT2D eigenvalue weighted by Crippen LogP contribution is 2.49. The number of ether oxygens (including phenoxy) is 1. The van der Waals surface area contributed by atoms with Crippen LogP contribution in [0.5, 0.6) is 0 Å². The minimum Gasteiger partial charge on any atom is -0.447 e. The summed E-state index contributed by atoms with van der Waals surface area (Å²) in [5.74, 6) is -1.30. The Kier molecular flexibility index (Phi) is 9.27. The zero-order valence-electron chi connectivity index (χ0n) is 24.7. The number of halogens is 8. The Balaban J connectivity index is 1.58. The predicted octanol–water partition coefficient (Wildman–Crippen LogP) is 7.08. The van der Waals surface area contributed by atoms with Crippen LogP contribution in [-0.4, -0.2) is 60.8 Å². The second-order valence-corrected chi connectivity index (χ2v) is 14.1. The van der Waals surface area contributed by atoms with Gasteiger partial charge in [-0.15, -0.1) is 11.6 Å². The quantitative estimate of drug-likeness (QED) is 0.168. The average molecular weight is 767 g/mol. The van der Waals surface area contributed by atoms with Crippen molar-refractivity contribution in [2.75, 3.05) is 6.61 Å². The largest absolute Gasteiger partial charge is 0.447 e. The van der Waals surface area contributed by atoms with E-state index in [-0.39, 0.29) is 47.2 Å². The smallest absolute Gasteiger partial charge is 0.411 e. The summed E-state index contributed by atoms with van der Waals surface area (Å²) in [6.07, 6.45) is -5.88. The van der Waals surface area contributed by atoms with Crippen LogP contribution >= 0.6 is 39.1 Å². The molecular weight excluding hydrogens is 740 g/mol. The number of benzene rings is 2. The Bertz CT molecular complexity index is 1710. The van der Waals surface area contributed by atoms with Crippen molar-refractivity contribution in [3.05, 3.63) is 69.4 Å². The topological polar surface area (TPSA) is 128 Å². The summed E-state index contributed by atoms with van der Waals surface area (Å²) >= 11 is 16.4. The van der Waals surface area contributed by atoms with Crippen molar-refractivity contribution in [1.29, 1.82) is 0 Å². The number of nitrogens with zero attached hydrogens (tertiary/aromatic N) is 5. The minimum absolute atomic E-state index is 0.00981. The van der Waals surface area contributed by atoms with E-state index in [0.29, 0.717) is 10.2 Å². The van der Waals surface area contributed by atoms with Gasteiger partial charge in [0.2, 0.25) is 0 Å². The molecular formula is C29H27BrCl2F5N7O3. The van der Waals surface area contributed by atoms with Gasteiger partial charge >= 0.3 is 18.8 Å². The third kappa shape index (κ3) is 6.90. The number of carbonyl (C=O) groups is 2. The first-order valence-electron chi connectivity index (χ1n) is 14.0. The van der Waals surface area contributed by atoms with Gasteiger partial charge in [-0.3, -0.25) is 9.69 Å². The molecule has 0 unspecified atom stereocenters. The molecule has 0 radical (unpaired) electrons. The van der Waals surface area contributed by atoms with Gasteiger partial charge in [-0.1, -0.05) is 45.7 Å². The van der Waals surface area contributed by atoms with E-state index in [1.165, 1.54) is 18.2 Å². The lowest BCUT2D eigenvalue weighted by atomic mass is 9.81. The van der Waals surface area contributed by atoms with Gasteiger partial charge in [-0.25, -0.2) is 14.8 Å². The van der Waals surface area contributed by atoms with E-state index in [9.17, 15) is 31.5 Å². The highest BCUT2D eigenvalue weighted by Gasteiger charge is 2.64. The molecule has 1 aromatic heterocycles. The van der Waals surface area contributed by atoms with E-state index in [0.717, 1.165) is 15.7 Å². The van der Waals surface area contributed by atoms with Crippen molar-refractivity contribution >= 4 is 57.1 Å². The number of hydrogen-bond donors (Lipinski definition) is 2. The summed E-state index contributed by atoms with van der Waals surface area (Å²) in [6, 6.07) is 9.47. The van der Waals surface area contributed by atoms with E-state index in [1.54, 1.807) is 38.1 Å². The van der Waals surface area contributed by atoms with Gasteiger partial charge < -0.3 is 15.8 Å². The zero-order valence-corrected chi connectivity index (χ0v) is 27.8. The Labute approximate surface area is 283 Å². The van der Waals surface area contributed by atoms with Gasteiger partial charge in [0.15, 0.2) is 17.3 Å². The molecule has 1 aliphatic carbocycles. The maximum absolute atomic E-state index is 14.6. The van der Waals surface area contributed by atoms with Crippen LogP contribution < -0.4 is 11.1 Å². The number of carbonyl (C=O) groups excluding carboxylic acids is 2. The predicted molar refractivity (Wildman–Crippen MR) is 166 cm³/mol. The molecule has 47 heavy (non-hydrogen) atoms. The van der Waals surface area contributed by atoms with Gasteiger partial charge in [0, 0.05) is 21.3 Å². The second-order valence-electron chi connectivity index (χ2n) is 11.8. The minimum atomic E-state index is -4.71. The number of alkyl carbamates (subject to hydrolysis) is 1. The molecule has 18 heteroatoms. The van der Waals surface area contributed by atoms with E-state index < -0.39 is 53.3 Å². The van der Waals surface area contributed by atoms with Crippen molar-refractivity contribution in [2.24, 2.45) is 10.7 Å². The lowest BCUT2D eigenvalue weighted by molar-refractivity contribution is -0.164. The maximum Gasteiger partial charge on any atom is 0.411 e. The third-order valence-electron chi connectivity index (χ3n) is 7.81. The molecule has 2 atom stereocenters. The molecule has 5 rings (SSSR count). The fourth-order valence-electron chi connectivity index (χ4n) is 5.46. The van der Waals surface area contributed by atoms with Crippen LogP contribution in [0, 0.1) is 0 Å². The molecule has 2 aliphatic rings. The summed E-state index contributed by atoms with van der Waals surface area (Å²) in [5, 5.41) is 5.39. The van der Waals surface area contributed by atoms with E-state index in [1.807, 2.05) is 5.32 Å².